The fourth-order valence-electron chi connectivity index (χ4n) is 5.04. The van der Waals surface area contributed by atoms with E-state index in [2.05, 4.69) is 20.4 Å². The van der Waals surface area contributed by atoms with Crippen LogP contribution in [0.1, 0.15) is 44.7 Å². The summed E-state index contributed by atoms with van der Waals surface area (Å²) in [5.74, 6) is -0.0539. The Morgan fingerprint density at radius 1 is 1.07 bits per heavy atom. The number of anilines is 2. The number of amides is 1. The highest BCUT2D eigenvalue weighted by Gasteiger charge is 2.49. The zero-order chi connectivity index (χ0) is 29.5. The number of nitrogens with one attached hydrogen (secondary N) is 2. The van der Waals surface area contributed by atoms with Crippen LogP contribution < -0.4 is 15.8 Å². The lowest BCUT2D eigenvalue weighted by atomic mass is 9.89. The van der Waals surface area contributed by atoms with Gasteiger partial charge in [-0.2, -0.15) is 31.4 Å². The SMILES string of the molecule is CC(COC1C(=O)N(C2CCN(c3ncc(C(F)(F)F)cn3)CC2)CC1(C)C)Nc1cn[nH]c(=O)c1C(F)(F)F. The molecule has 0 saturated carbocycles. The molecule has 2 saturated heterocycles. The molecule has 2 aromatic rings. The van der Waals surface area contributed by atoms with Crippen LogP contribution >= 0.6 is 0 Å². The van der Waals surface area contributed by atoms with E-state index < -0.39 is 52.3 Å². The Balaban J connectivity index is 1.34. The second-order valence-corrected chi connectivity index (χ2v) is 10.7. The van der Waals surface area contributed by atoms with E-state index in [1.807, 2.05) is 13.8 Å². The second kappa shape index (κ2) is 10.9. The first-order chi connectivity index (χ1) is 18.6. The van der Waals surface area contributed by atoms with Crippen LogP contribution in [0.15, 0.2) is 23.4 Å². The summed E-state index contributed by atoms with van der Waals surface area (Å²) in [6.07, 6.45) is -6.80. The summed E-state index contributed by atoms with van der Waals surface area (Å²) in [6, 6.07) is -0.813. The molecule has 4 heterocycles. The van der Waals surface area contributed by atoms with Crippen molar-refractivity contribution in [2.75, 3.05) is 36.5 Å². The van der Waals surface area contributed by atoms with Gasteiger partial charge in [0.05, 0.1) is 24.1 Å². The number of likely N-dealkylation sites (tertiary alicyclic amines) is 1. The summed E-state index contributed by atoms with van der Waals surface area (Å²) in [4.78, 5) is 36.2. The van der Waals surface area contributed by atoms with Gasteiger partial charge in [-0.15, -0.1) is 0 Å². The van der Waals surface area contributed by atoms with Crippen molar-refractivity contribution in [1.82, 2.24) is 25.1 Å². The van der Waals surface area contributed by atoms with Crippen molar-refractivity contribution in [3.05, 3.63) is 40.1 Å². The van der Waals surface area contributed by atoms with Crippen molar-refractivity contribution in [2.45, 2.75) is 64.2 Å². The molecule has 2 N–H and O–H groups in total. The Labute approximate surface area is 225 Å². The zero-order valence-electron chi connectivity index (χ0n) is 21.9. The molecule has 0 aromatic carbocycles. The highest BCUT2D eigenvalue weighted by molar-refractivity contribution is 5.84. The number of carbonyl (C=O) groups excluding carboxylic acids is 1. The standard InChI is InChI=1S/C24H29F6N7O3/c1-13(34-16-10-33-35-19(38)17(16)24(28,29)30)11-40-18-20(39)37(12-22(18,2)3)15-4-6-36(7-5-15)21-31-8-14(9-32-21)23(25,26)27/h8-10,13,15,18H,4-7,11-12H2,1-3H3,(H2,34,35,38). The quantitative estimate of drug-likeness (QED) is 0.482. The lowest BCUT2D eigenvalue weighted by molar-refractivity contribution is -0.141. The third-order valence-electron chi connectivity index (χ3n) is 7.00. The minimum atomic E-state index is -4.89. The molecule has 0 spiro atoms. The monoisotopic (exact) mass is 577 g/mol. The third kappa shape index (κ3) is 6.31. The van der Waals surface area contributed by atoms with Gasteiger partial charge in [0, 0.05) is 49.5 Å². The van der Waals surface area contributed by atoms with Gasteiger partial charge < -0.3 is 19.9 Å². The largest absolute Gasteiger partial charge is 0.423 e. The predicted octanol–water partition coefficient (Wildman–Crippen LogP) is 3.32. The van der Waals surface area contributed by atoms with Gasteiger partial charge in [0.15, 0.2) is 0 Å². The number of carbonyl (C=O) groups is 1. The number of aromatic amines is 1. The van der Waals surface area contributed by atoms with Gasteiger partial charge >= 0.3 is 12.4 Å². The molecule has 220 valence electrons. The summed E-state index contributed by atoms with van der Waals surface area (Å²) in [7, 11) is 0. The van der Waals surface area contributed by atoms with Gasteiger partial charge in [0.1, 0.15) is 11.7 Å². The van der Waals surface area contributed by atoms with Gasteiger partial charge in [0.25, 0.3) is 11.5 Å². The maximum atomic E-state index is 13.3. The molecule has 2 aliphatic rings. The molecule has 2 aromatic heterocycles. The first-order valence-electron chi connectivity index (χ1n) is 12.6. The number of hydrogen-bond acceptors (Lipinski definition) is 8. The van der Waals surface area contributed by atoms with Crippen LogP contribution in [0.25, 0.3) is 0 Å². The summed E-state index contributed by atoms with van der Waals surface area (Å²) in [6.45, 7) is 6.46. The van der Waals surface area contributed by atoms with Gasteiger partial charge in [-0.1, -0.05) is 13.8 Å². The number of halogens is 6. The maximum Gasteiger partial charge on any atom is 0.423 e. The van der Waals surface area contributed by atoms with Gasteiger partial charge in [-0.3, -0.25) is 9.59 Å². The summed E-state index contributed by atoms with van der Waals surface area (Å²) in [5.41, 5.74) is -4.78. The van der Waals surface area contributed by atoms with Crippen molar-refractivity contribution in [2.24, 2.45) is 5.41 Å². The Kier molecular flexibility index (Phi) is 8.02. The number of alkyl halides is 6. The van der Waals surface area contributed by atoms with E-state index in [9.17, 15) is 35.9 Å². The average molecular weight is 578 g/mol. The molecule has 2 atom stereocenters. The normalized spacial score (nSPS) is 21.1. The van der Waals surface area contributed by atoms with Crippen molar-refractivity contribution in [3.63, 3.8) is 0 Å². The molecule has 16 heteroatoms. The summed E-state index contributed by atoms with van der Waals surface area (Å²) >= 11 is 0. The van der Waals surface area contributed by atoms with Crippen LogP contribution in [-0.2, 0) is 21.9 Å². The Morgan fingerprint density at radius 3 is 2.27 bits per heavy atom. The first-order valence-corrected chi connectivity index (χ1v) is 12.6. The molecule has 40 heavy (non-hydrogen) atoms. The molecule has 0 aliphatic carbocycles. The lowest BCUT2D eigenvalue weighted by Crippen LogP contribution is -2.47. The fourth-order valence-corrected chi connectivity index (χ4v) is 5.04. The molecule has 2 unspecified atom stereocenters. The Bertz CT molecular complexity index is 1260. The molecule has 0 radical (unpaired) electrons. The lowest BCUT2D eigenvalue weighted by Gasteiger charge is -2.37. The van der Waals surface area contributed by atoms with Crippen LogP contribution in [0.5, 0.6) is 0 Å². The maximum absolute atomic E-state index is 13.3. The van der Waals surface area contributed by atoms with Crippen LogP contribution in [-0.4, -0.2) is 75.4 Å². The molecule has 0 bridgehead atoms. The van der Waals surface area contributed by atoms with E-state index >= 15 is 0 Å². The average Bonchev–Trinajstić information content (AvgIpc) is 3.09. The zero-order valence-corrected chi connectivity index (χ0v) is 21.9. The van der Waals surface area contributed by atoms with Crippen molar-refractivity contribution in [1.29, 1.82) is 0 Å². The number of piperidine rings is 1. The third-order valence-corrected chi connectivity index (χ3v) is 7.00. The highest BCUT2D eigenvalue weighted by Crippen LogP contribution is 2.37. The van der Waals surface area contributed by atoms with E-state index in [1.54, 1.807) is 21.8 Å². The van der Waals surface area contributed by atoms with E-state index in [0.29, 0.717) is 32.5 Å². The van der Waals surface area contributed by atoms with E-state index in [4.69, 9.17) is 4.74 Å². The van der Waals surface area contributed by atoms with Crippen molar-refractivity contribution >= 4 is 17.5 Å². The Hall–Kier alpha value is -3.43. The number of H-pyrrole nitrogens is 1. The topological polar surface area (TPSA) is 116 Å². The number of ether oxygens (including phenoxy) is 1. The fraction of sp³-hybridized carbons (Fsp3) is 0.625. The minimum Gasteiger partial charge on any atom is -0.378 e. The molecule has 2 fully saturated rings. The summed E-state index contributed by atoms with van der Waals surface area (Å²) in [5, 5.41) is 7.80. The van der Waals surface area contributed by atoms with E-state index in [0.717, 1.165) is 18.6 Å². The smallest absolute Gasteiger partial charge is 0.378 e. The molecular weight excluding hydrogens is 548 g/mol. The minimum absolute atomic E-state index is 0.110. The van der Waals surface area contributed by atoms with Gasteiger partial charge in [-0.25, -0.2) is 15.1 Å². The molecule has 4 rings (SSSR count). The molecule has 1 amide bonds. The molecule has 10 nitrogen and oxygen atoms in total. The van der Waals surface area contributed by atoms with Crippen LogP contribution in [0.4, 0.5) is 38.0 Å². The van der Waals surface area contributed by atoms with Gasteiger partial charge in [0.2, 0.25) is 5.95 Å². The Morgan fingerprint density at radius 2 is 1.70 bits per heavy atom. The van der Waals surface area contributed by atoms with E-state index in [1.165, 1.54) is 0 Å². The first kappa shape index (κ1) is 29.6. The highest BCUT2D eigenvalue weighted by atomic mass is 19.4. The molecular formula is C24H29F6N7O3. The van der Waals surface area contributed by atoms with Crippen LogP contribution in [0.2, 0.25) is 0 Å². The predicted molar refractivity (Wildman–Crippen MR) is 130 cm³/mol. The molecule has 2 aliphatic heterocycles. The second-order valence-electron chi connectivity index (χ2n) is 10.7. The number of rotatable bonds is 7. The van der Waals surface area contributed by atoms with E-state index in [-0.39, 0.29) is 24.5 Å². The number of aromatic nitrogens is 4. The van der Waals surface area contributed by atoms with Crippen LogP contribution in [0, 0.1) is 5.41 Å². The number of nitrogens with zero attached hydrogens (tertiary/aromatic N) is 5. The van der Waals surface area contributed by atoms with Crippen molar-refractivity contribution < 1.29 is 35.9 Å². The summed E-state index contributed by atoms with van der Waals surface area (Å²) < 4.78 is 84.2. The van der Waals surface area contributed by atoms with Gasteiger partial charge in [-0.05, 0) is 19.8 Å². The number of hydrogen-bond donors (Lipinski definition) is 2. The van der Waals surface area contributed by atoms with Crippen molar-refractivity contribution in [3.8, 4) is 0 Å². The van der Waals surface area contributed by atoms with Crippen LogP contribution in [0.3, 0.4) is 0 Å².